The highest BCUT2D eigenvalue weighted by molar-refractivity contribution is 6.34. The van der Waals surface area contributed by atoms with Gasteiger partial charge >= 0.3 is 0 Å². The first kappa shape index (κ1) is 27.4. The molecule has 0 bridgehead atoms. The standard InChI is InChI=1S/C28H29ClF2N4O3/c1-16-23(13-33-35(16)22-8-6-19(7-9-22)17(2)36)28(38)34(14-18-10-20(30)12-21(31)11-18)15-26(37)27-24(29)4-3-5-25(27)32/h3-5,10-13,19,22H,6-9,14-15,32H2,1-2H3. The van der Waals surface area contributed by atoms with E-state index in [9.17, 15) is 23.2 Å². The molecule has 200 valence electrons. The molecule has 1 amide bonds. The summed E-state index contributed by atoms with van der Waals surface area (Å²) in [6.07, 6.45) is 4.48. The highest BCUT2D eigenvalue weighted by atomic mass is 35.5. The second-order valence-electron chi connectivity index (χ2n) is 9.77. The van der Waals surface area contributed by atoms with Crippen molar-refractivity contribution in [3.8, 4) is 0 Å². The van der Waals surface area contributed by atoms with E-state index in [4.69, 9.17) is 17.3 Å². The van der Waals surface area contributed by atoms with Crippen LogP contribution in [-0.4, -0.2) is 38.7 Å². The van der Waals surface area contributed by atoms with Crippen molar-refractivity contribution < 1.29 is 23.2 Å². The van der Waals surface area contributed by atoms with Crippen molar-refractivity contribution in [1.29, 1.82) is 0 Å². The van der Waals surface area contributed by atoms with E-state index in [2.05, 4.69) is 5.10 Å². The summed E-state index contributed by atoms with van der Waals surface area (Å²) in [6, 6.07) is 7.66. The SMILES string of the molecule is CC(=O)C1CCC(n2ncc(C(=O)N(CC(=O)c3c(N)cccc3Cl)Cc3cc(F)cc(F)c3)c2C)CC1. The van der Waals surface area contributed by atoms with Gasteiger partial charge in [0.1, 0.15) is 17.4 Å². The summed E-state index contributed by atoms with van der Waals surface area (Å²) in [5, 5.41) is 4.59. The molecule has 2 N–H and O–H groups in total. The van der Waals surface area contributed by atoms with Crippen LogP contribution in [0.4, 0.5) is 14.5 Å². The molecule has 1 heterocycles. The first-order chi connectivity index (χ1) is 18.0. The Morgan fingerprint density at radius 1 is 1.11 bits per heavy atom. The van der Waals surface area contributed by atoms with Gasteiger partial charge in [-0.05, 0) is 69.4 Å². The highest BCUT2D eigenvalue weighted by Gasteiger charge is 2.30. The fourth-order valence-corrected chi connectivity index (χ4v) is 5.40. The van der Waals surface area contributed by atoms with Crippen molar-refractivity contribution >= 4 is 34.8 Å². The van der Waals surface area contributed by atoms with E-state index in [1.807, 2.05) is 0 Å². The van der Waals surface area contributed by atoms with Crippen LogP contribution in [0.15, 0.2) is 42.6 Å². The van der Waals surface area contributed by atoms with E-state index in [-0.39, 0.29) is 51.7 Å². The van der Waals surface area contributed by atoms with Crippen molar-refractivity contribution in [1.82, 2.24) is 14.7 Å². The number of Topliss-reactive ketones (excluding diaryl/α,β-unsaturated/α-hetero) is 2. The van der Waals surface area contributed by atoms with Crippen LogP contribution in [0.25, 0.3) is 0 Å². The molecule has 2 aromatic carbocycles. The molecule has 0 atom stereocenters. The molecular weight excluding hydrogens is 514 g/mol. The van der Waals surface area contributed by atoms with E-state index in [0.29, 0.717) is 5.69 Å². The van der Waals surface area contributed by atoms with Crippen LogP contribution in [0.3, 0.4) is 0 Å². The van der Waals surface area contributed by atoms with Gasteiger partial charge in [0.05, 0.1) is 34.9 Å². The number of hydrogen-bond acceptors (Lipinski definition) is 5. The summed E-state index contributed by atoms with van der Waals surface area (Å²) in [5.74, 6) is -2.38. The van der Waals surface area contributed by atoms with Gasteiger partial charge in [-0.25, -0.2) is 8.78 Å². The molecule has 1 saturated carbocycles. The average Bonchev–Trinajstić information content (AvgIpc) is 3.23. The number of nitrogens with zero attached hydrogens (tertiary/aromatic N) is 3. The first-order valence-electron chi connectivity index (χ1n) is 12.4. The average molecular weight is 543 g/mol. The lowest BCUT2D eigenvalue weighted by molar-refractivity contribution is -0.121. The Balaban J connectivity index is 1.62. The number of aromatic nitrogens is 2. The van der Waals surface area contributed by atoms with Crippen molar-refractivity contribution in [3.05, 3.63) is 81.6 Å². The Hall–Kier alpha value is -3.59. The minimum absolute atomic E-state index is 0.0440. The van der Waals surface area contributed by atoms with Crippen molar-refractivity contribution in [2.24, 2.45) is 5.92 Å². The van der Waals surface area contributed by atoms with Gasteiger partial charge in [-0.3, -0.25) is 19.1 Å². The predicted molar refractivity (Wildman–Crippen MR) is 140 cm³/mol. The molecule has 38 heavy (non-hydrogen) atoms. The van der Waals surface area contributed by atoms with E-state index in [1.54, 1.807) is 24.6 Å². The smallest absolute Gasteiger partial charge is 0.258 e. The van der Waals surface area contributed by atoms with Gasteiger partial charge in [0.2, 0.25) is 0 Å². The topological polar surface area (TPSA) is 98.3 Å². The lowest BCUT2D eigenvalue weighted by atomic mass is 9.84. The molecule has 3 aromatic rings. The number of benzene rings is 2. The molecule has 1 aromatic heterocycles. The van der Waals surface area contributed by atoms with Crippen LogP contribution in [0.5, 0.6) is 0 Å². The van der Waals surface area contributed by atoms with Crippen molar-refractivity contribution in [3.63, 3.8) is 0 Å². The third kappa shape index (κ3) is 5.93. The maximum Gasteiger partial charge on any atom is 0.258 e. The Morgan fingerprint density at radius 3 is 2.37 bits per heavy atom. The maximum atomic E-state index is 13.9. The molecule has 1 fully saturated rings. The Bertz CT molecular complexity index is 1340. The molecule has 7 nitrogen and oxygen atoms in total. The number of anilines is 1. The molecule has 1 aliphatic rings. The van der Waals surface area contributed by atoms with Gasteiger partial charge in [-0.2, -0.15) is 5.10 Å². The molecule has 0 aliphatic heterocycles. The fourth-order valence-electron chi connectivity index (χ4n) is 5.11. The second kappa shape index (κ2) is 11.4. The molecular formula is C28H29ClF2N4O3. The molecule has 1 aliphatic carbocycles. The van der Waals surface area contributed by atoms with Crippen LogP contribution in [-0.2, 0) is 11.3 Å². The molecule has 10 heteroatoms. The monoisotopic (exact) mass is 542 g/mol. The number of nitrogens with two attached hydrogens (primary N) is 1. The summed E-state index contributed by atoms with van der Waals surface area (Å²) in [7, 11) is 0. The van der Waals surface area contributed by atoms with Gasteiger partial charge in [0.15, 0.2) is 5.78 Å². The zero-order chi connectivity index (χ0) is 27.6. The van der Waals surface area contributed by atoms with Crippen molar-refractivity contribution in [2.75, 3.05) is 12.3 Å². The number of hydrogen-bond donors (Lipinski definition) is 1. The minimum Gasteiger partial charge on any atom is -0.398 e. The normalized spacial score (nSPS) is 17.3. The lowest BCUT2D eigenvalue weighted by Gasteiger charge is -2.28. The predicted octanol–water partition coefficient (Wildman–Crippen LogP) is 5.55. The molecule has 0 spiro atoms. The minimum atomic E-state index is -0.792. The molecule has 4 rings (SSSR count). The number of carbonyl (C=O) groups is 3. The maximum absolute atomic E-state index is 13.9. The lowest BCUT2D eigenvalue weighted by Crippen LogP contribution is -2.36. The number of halogens is 3. The van der Waals surface area contributed by atoms with Crippen LogP contribution < -0.4 is 5.73 Å². The van der Waals surface area contributed by atoms with E-state index in [0.717, 1.165) is 43.9 Å². The van der Waals surface area contributed by atoms with Gasteiger partial charge in [-0.1, -0.05) is 17.7 Å². The first-order valence-corrected chi connectivity index (χ1v) is 12.8. The van der Waals surface area contributed by atoms with Crippen molar-refractivity contribution in [2.45, 2.75) is 52.1 Å². The zero-order valence-electron chi connectivity index (χ0n) is 21.2. The summed E-state index contributed by atoms with van der Waals surface area (Å²) >= 11 is 6.21. The number of ketones is 2. The number of carbonyl (C=O) groups excluding carboxylic acids is 3. The summed E-state index contributed by atoms with van der Waals surface area (Å²) in [5.41, 5.74) is 7.28. The van der Waals surface area contributed by atoms with Gasteiger partial charge in [0, 0.05) is 29.9 Å². The third-order valence-electron chi connectivity index (χ3n) is 7.13. The summed E-state index contributed by atoms with van der Waals surface area (Å²) in [6.45, 7) is 2.74. The van der Waals surface area contributed by atoms with Gasteiger partial charge in [0.25, 0.3) is 5.91 Å². The van der Waals surface area contributed by atoms with Crippen LogP contribution >= 0.6 is 11.6 Å². The van der Waals surface area contributed by atoms with E-state index < -0.39 is 29.9 Å². The highest BCUT2D eigenvalue weighted by Crippen LogP contribution is 2.33. The van der Waals surface area contributed by atoms with E-state index in [1.165, 1.54) is 23.2 Å². The quantitative estimate of drug-likeness (QED) is 0.297. The largest absolute Gasteiger partial charge is 0.398 e. The Kier molecular flexibility index (Phi) is 8.26. The van der Waals surface area contributed by atoms with Crippen LogP contribution in [0, 0.1) is 24.5 Å². The molecule has 0 saturated heterocycles. The van der Waals surface area contributed by atoms with E-state index >= 15 is 0 Å². The van der Waals surface area contributed by atoms with Crippen LogP contribution in [0.1, 0.15) is 70.6 Å². The molecule has 0 radical (unpaired) electrons. The Labute approximate surface area is 224 Å². The summed E-state index contributed by atoms with van der Waals surface area (Å²) in [4.78, 5) is 39.9. The van der Waals surface area contributed by atoms with Gasteiger partial charge in [-0.15, -0.1) is 0 Å². The van der Waals surface area contributed by atoms with Gasteiger partial charge < -0.3 is 10.6 Å². The van der Waals surface area contributed by atoms with Crippen LogP contribution in [0.2, 0.25) is 5.02 Å². The fraction of sp³-hybridized carbons (Fsp3) is 0.357. The zero-order valence-corrected chi connectivity index (χ0v) is 22.0. The number of rotatable bonds is 8. The summed E-state index contributed by atoms with van der Waals surface area (Å²) < 4.78 is 29.6. The molecule has 0 unspecified atom stereocenters. The third-order valence-corrected chi connectivity index (χ3v) is 7.45. The second-order valence-corrected chi connectivity index (χ2v) is 10.2. The number of amides is 1. The Morgan fingerprint density at radius 2 is 1.76 bits per heavy atom. The number of nitrogen functional groups attached to an aromatic ring is 1.